The van der Waals surface area contributed by atoms with Crippen molar-refractivity contribution in [1.82, 2.24) is 9.88 Å². The molecule has 2 amide bonds. The largest absolute Gasteiger partial charge is 0.347 e. The lowest BCUT2D eigenvalue weighted by Gasteiger charge is -2.10. The molecule has 0 atom stereocenters. The van der Waals surface area contributed by atoms with Crippen molar-refractivity contribution in [1.29, 1.82) is 5.26 Å². The third-order valence-corrected chi connectivity index (χ3v) is 4.82. The second-order valence-electron chi connectivity index (χ2n) is 7.27. The number of Topliss-reactive ketones (excluding diaryl/α,β-unsaturated/α-hetero) is 1. The molecule has 0 spiro atoms. The molecule has 0 bridgehead atoms. The number of amides is 2. The molecule has 0 saturated carbocycles. The Bertz CT molecular complexity index is 1060. The van der Waals surface area contributed by atoms with Crippen LogP contribution in [0.3, 0.4) is 0 Å². The van der Waals surface area contributed by atoms with Crippen LogP contribution in [0, 0.1) is 24.1 Å². The van der Waals surface area contributed by atoms with Gasteiger partial charge in [0.1, 0.15) is 17.6 Å². The van der Waals surface area contributed by atoms with Crippen molar-refractivity contribution >= 4 is 23.3 Å². The zero-order valence-electron chi connectivity index (χ0n) is 16.4. The van der Waals surface area contributed by atoms with E-state index in [0.717, 1.165) is 12.5 Å². The fourth-order valence-corrected chi connectivity index (χ4v) is 3.63. The van der Waals surface area contributed by atoms with Gasteiger partial charge in [-0.15, -0.1) is 0 Å². The van der Waals surface area contributed by atoms with Gasteiger partial charge in [0.25, 0.3) is 17.6 Å². The van der Waals surface area contributed by atoms with Crippen LogP contribution in [-0.4, -0.2) is 28.2 Å². The van der Waals surface area contributed by atoms with Crippen molar-refractivity contribution in [3.8, 4) is 6.07 Å². The molecular formula is C21H21FN4O3. The number of halogens is 1. The maximum Gasteiger partial charge on any atom is 0.292 e. The van der Waals surface area contributed by atoms with Gasteiger partial charge in [-0.25, -0.2) is 4.39 Å². The molecule has 1 aromatic heterocycles. The average Bonchev–Trinajstić information content (AvgIpc) is 3.21. The Kier molecular flexibility index (Phi) is 5.50. The minimum atomic E-state index is -0.701. The first-order valence-corrected chi connectivity index (χ1v) is 9.32. The van der Waals surface area contributed by atoms with E-state index >= 15 is 0 Å². The molecule has 29 heavy (non-hydrogen) atoms. The van der Waals surface area contributed by atoms with Gasteiger partial charge in [0, 0.05) is 24.0 Å². The fourth-order valence-electron chi connectivity index (χ4n) is 3.63. The average molecular weight is 396 g/mol. The van der Waals surface area contributed by atoms with Gasteiger partial charge in [-0.3, -0.25) is 14.4 Å². The topological polar surface area (TPSA) is 104 Å². The minimum Gasteiger partial charge on any atom is -0.347 e. The third kappa shape index (κ3) is 3.76. The number of anilines is 1. The number of hydrogen-bond acceptors (Lipinski definition) is 4. The zero-order valence-corrected chi connectivity index (χ0v) is 16.4. The highest BCUT2D eigenvalue weighted by atomic mass is 19.1. The number of hydrogen-bond donors (Lipinski definition) is 2. The molecule has 2 N–H and O–H groups in total. The lowest BCUT2D eigenvalue weighted by molar-refractivity contribution is -0.117. The standard InChI is InChI=1S/C21H21FN4O3/c1-11(2)24-21(29)19(27)17-12(3)18(26-8-4-5-16(17)26)20(28)25-14-6-7-15(22)13(9-14)10-23/h6-7,9,11H,4-5,8H2,1-3H3,(H,24,29)(H,25,28). The fraction of sp³-hybridized carbons (Fsp3) is 0.333. The van der Waals surface area contributed by atoms with Gasteiger partial charge in [0.2, 0.25) is 0 Å². The summed E-state index contributed by atoms with van der Waals surface area (Å²) in [5.41, 5.74) is 1.76. The lowest BCUT2D eigenvalue weighted by Crippen LogP contribution is -2.36. The molecule has 0 unspecified atom stereocenters. The van der Waals surface area contributed by atoms with E-state index in [9.17, 15) is 18.8 Å². The second-order valence-corrected chi connectivity index (χ2v) is 7.27. The van der Waals surface area contributed by atoms with E-state index in [4.69, 9.17) is 5.26 Å². The Morgan fingerprint density at radius 1 is 1.28 bits per heavy atom. The van der Waals surface area contributed by atoms with Gasteiger partial charge in [-0.2, -0.15) is 5.26 Å². The van der Waals surface area contributed by atoms with Gasteiger partial charge in [0.05, 0.1) is 11.1 Å². The van der Waals surface area contributed by atoms with Crippen LogP contribution in [0.25, 0.3) is 0 Å². The molecule has 0 saturated heterocycles. The first-order valence-electron chi connectivity index (χ1n) is 9.32. The third-order valence-electron chi connectivity index (χ3n) is 4.82. The molecule has 0 radical (unpaired) electrons. The number of carbonyl (C=O) groups excluding carboxylic acids is 3. The minimum absolute atomic E-state index is 0.180. The maximum absolute atomic E-state index is 13.5. The number of aromatic nitrogens is 1. The van der Waals surface area contributed by atoms with E-state index in [1.54, 1.807) is 31.4 Å². The smallest absolute Gasteiger partial charge is 0.292 e. The van der Waals surface area contributed by atoms with Crippen molar-refractivity contribution in [2.75, 3.05) is 5.32 Å². The second kappa shape index (κ2) is 7.87. The van der Waals surface area contributed by atoms with Crippen molar-refractivity contribution in [3.63, 3.8) is 0 Å². The number of carbonyl (C=O) groups is 3. The Morgan fingerprint density at radius 2 is 2.00 bits per heavy atom. The molecule has 8 heteroatoms. The molecule has 1 aliphatic rings. The molecule has 2 aromatic rings. The normalized spacial score (nSPS) is 12.4. The molecule has 0 fully saturated rings. The van der Waals surface area contributed by atoms with Crippen LogP contribution in [0.2, 0.25) is 0 Å². The van der Waals surface area contributed by atoms with Crippen LogP contribution < -0.4 is 10.6 Å². The predicted molar refractivity (Wildman–Crippen MR) is 104 cm³/mol. The quantitative estimate of drug-likeness (QED) is 0.599. The maximum atomic E-state index is 13.5. The van der Waals surface area contributed by atoms with E-state index in [1.165, 1.54) is 12.1 Å². The van der Waals surface area contributed by atoms with Crippen molar-refractivity contribution in [2.24, 2.45) is 0 Å². The van der Waals surface area contributed by atoms with Crippen LogP contribution in [0.1, 0.15) is 57.9 Å². The van der Waals surface area contributed by atoms with E-state index in [1.807, 2.05) is 0 Å². The summed E-state index contributed by atoms with van der Waals surface area (Å²) in [5, 5.41) is 14.2. The number of benzene rings is 1. The number of nitrogens with one attached hydrogen (secondary N) is 2. The SMILES string of the molecule is Cc1c(C(=O)C(=O)NC(C)C)c2n(c1C(=O)Nc1ccc(F)c(C#N)c1)CCC2. The number of fused-ring (bicyclic) bond motifs is 1. The molecule has 2 heterocycles. The summed E-state index contributed by atoms with van der Waals surface area (Å²) in [7, 11) is 0. The van der Waals surface area contributed by atoms with Crippen LogP contribution >= 0.6 is 0 Å². The van der Waals surface area contributed by atoms with Crippen LogP contribution in [0.5, 0.6) is 0 Å². The van der Waals surface area contributed by atoms with Crippen molar-refractivity contribution in [2.45, 2.75) is 46.2 Å². The highest BCUT2D eigenvalue weighted by Crippen LogP contribution is 2.30. The summed E-state index contributed by atoms with van der Waals surface area (Å²) in [6.07, 6.45) is 1.36. The Labute approximate surface area is 167 Å². The first kappa shape index (κ1) is 20.3. The highest BCUT2D eigenvalue weighted by molar-refractivity contribution is 6.43. The number of nitrogens with zero attached hydrogens (tertiary/aromatic N) is 2. The monoisotopic (exact) mass is 396 g/mol. The van der Waals surface area contributed by atoms with Gasteiger partial charge in [-0.1, -0.05) is 0 Å². The number of nitriles is 1. The van der Waals surface area contributed by atoms with Crippen LogP contribution in [0.15, 0.2) is 18.2 Å². The molecular weight excluding hydrogens is 375 g/mol. The molecule has 150 valence electrons. The Balaban J connectivity index is 1.97. The lowest BCUT2D eigenvalue weighted by atomic mass is 10.0. The van der Waals surface area contributed by atoms with Crippen molar-refractivity contribution in [3.05, 3.63) is 52.1 Å². The molecule has 3 rings (SSSR count). The Hall–Kier alpha value is -3.47. The number of ketones is 1. The highest BCUT2D eigenvalue weighted by Gasteiger charge is 2.33. The first-order chi connectivity index (χ1) is 13.7. The van der Waals surface area contributed by atoms with Gasteiger partial charge < -0.3 is 15.2 Å². The molecule has 0 aliphatic carbocycles. The van der Waals surface area contributed by atoms with E-state index < -0.39 is 23.4 Å². The summed E-state index contributed by atoms with van der Waals surface area (Å²) in [5.74, 6) is -2.51. The molecule has 7 nitrogen and oxygen atoms in total. The zero-order chi connectivity index (χ0) is 21.3. The summed E-state index contributed by atoms with van der Waals surface area (Å²) >= 11 is 0. The summed E-state index contributed by atoms with van der Waals surface area (Å²) in [4.78, 5) is 37.9. The van der Waals surface area contributed by atoms with Crippen LogP contribution in [0.4, 0.5) is 10.1 Å². The molecule has 1 aliphatic heterocycles. The predicted octanol–water partition coefficient (Wildman–Crippen LogP) is 2.71. The van der Waals surface area contributed by atoms with E-state index in [0.29, 0.717) is 29.9 Å². The van der Waals surface area contributed by atoms with Gasteiger partial charge in [0.15, 0.2) is 0 Å². The van der Waals surface area contributed by atoms with Gasteiger partial charge in [-0.05, 0) is 57.4 Å². The van der Waals surface area contributed by atoms with Crippen molar-refractivity contribution < 1.29 is 18.8 Å². The van der Waals surface area contributed by atoms with Gasteiger partial charge >= 0.3 is 0 Å². The molecule has 1 aromatic carbocycles. The van der Waals surface area contributed by atoms with Crippen LogP contribution in [-0.2, 0) is 17.8 Å². The summed E-state index contributed by atoms with van der Waals surface area (Å²) < 4.78 is 15.3. The van der Waals surface area contributed by atoms with E-state index in [-0.39, 0.29) is 22.9 Å². The van der Waals surface area contributed by atoms with E-state index in [2.05, 4.69) is 10.6 Å². The Morgan fingerprint density at radius 3 is 2.66 bits per heavy atom. The summed E-state index contributed by atoms with van der Waals surface area (Å²) in [6, 6.07) is 5.26. The number of rotatable bonds is 5. The summed E-state index contributed by atoms with van der Waals surface area (Å²) in [6.45, 7) is 5.73.